The smallest absolute Gasteiger partial charge is 0.190 e. The Morgan fingerprint density at radius 1 is 1.39 bits per heavy atom. The second-order valence-corrected chi connectivity index (χ2v) is 3.50. The Kier molecular flexibility index (Phi) is 2.14. The van der Waals surface area contributed by atoms with Gasteiger partial charge in [-0.1, -0.05) is 23.3 Å². The van der Waals surface area contributed by atoms with E-state index in [-0.39, 0.29) is 16.9 Å². The van der Waals surface area contributed by atoms with Crippen LogP contribution in [0.4, 0.5) is 5.69 Å². The van der Waals surface area contributed by atoms with Gasteiger partial charge in [0.1, 0.15) is 0 Å². The van der Waals surface area contributed by atoms with Crippen molar-refractivity contribution in [3.8, 4) is 0 Å². The molecule has 0 amide bonds. The van der Waals surface area contributed by atoms with E-state index in [2.05, 4.69) is 25.6 Å². The Bertz CT molecular complexity index is 816. The van der Waals surface area contributed by atoms with Crippen LogP contribution < -0.4 is 0 Å². The summed E-state index contributed by atoms with van der Waals surface area (Å²) in [6.07, 6.45) is 0.585. The van der Waals surface area contributed by atoms with Gasteiger partial charge in [-0.15, -0.1) is 5.10 Å². The summed E-state index contributed by atoms with van der Waals surface area (Å²) in [5, 5.41) is 15.3. The van der Waals surface area contributed by atoms with Crippen molar-refractivity contribution >= 4 is 28.5 Å². The molecule has 0 spiro atoms. The third-order valence-electron chi connectivity index (χ3n) is 2.62. The summed E-state index contributed by atoms with van der Waals surface area (Å²) in [4.78, 5) is 13.9. The first-order valence-electron chi connectivity index (χ1n) is 5.00. The van der Waals surface area contributed by atoms with Crippen LogP contribution in [-0.4, -0.2) is 26.3 Å². The van der Waals surface area contributed by atoms with E-state index in [1.807, 2.05) is 6.07 Å². The van der Waals surface area contributed by atoms with E-state index in [1.54, 1.807) is 18.2 Å². The molecule has 0 aliphatic carbocycles. The van der Waals surface area contributed by atoms with Gasteiger partial charge in [-0.3, -0.25) is 4.79 Å². The first-order chi connectivity index (χ1) is 8.86. The lowest BCUT2D eigenvalue weighted by molar-refractivity contribution is 0.112. The van der Waals surface area contributed by atoms with Crippen LogP contribution >= 0.6 is 0 Å². The average Bonchev–Trinajstić information content (AvgIpc) is 2.88. The van der Waals surface area contributed by atoms with E-state index in [0.29, 0.717) is 17.2 Å². The summed E-state index contributed by atoms with van der Waals surface area (Å²) < 4.78 is 1.44. The Balaban J connectivity index is 2.67. The van der Waals surface area contributed by atoms with Crippen molar-refractivity contribution in [2.24, 2.45) is 5.11 Å². The SMILES string of the molecule is [N-]=[N+]=Nc1c(C=O)c2nnnn2c2ccccc12. The van der Waals surface area contributed by atoms with E-state index in [4.69, 9.17) is 5.53 Å². The maximum absolute atomic E-state index is 11.2. The number of benzene rings is 1. The number of hydrogen-bond acceptors (Lipinski definition) is 5. The first-order valence-corrected chi connectivity index (χ1v) is 5.00. The fraction of sp³-hybridized carbons (Fsp3) is 0. The second-order valence-electron chi connectivity index (χ2n) is 3.50. The number of tetrazole rings is 1. The number of fused-ring (bicyclic) bond motifs is 3. The Morgan fingerprint density at radius 2 is 2.22 bits per heavy atom. The molecule has 0 aliphatic rings. The molecule has 0 radical (unpaired) electrons. The van der Waals surface area contributed by atoms with Crippen molar-refractivity contribution < 1.29 is 4.79 Å². The molecule has 8 nitrogen and oxygen atoms in total. The summed E-state index contributed by atoms with van der Waals surface area (Å²) in [6, 6.07) is 7.12. The lowest BCUT2D eigenvalue weighted by Crippen LogP contribution is -1.96. The number of hydrogen-bond donors (Lipinski definition) is 0. The lowest BCUT2D eigenvalue weighted by Gasteiger charge is -2.05. The monoisotopic (exact) mass is 239 g/mol. The van der Waals surface area contributed by atoms with Crippen LogP contribution in [-0.2, 0) is 0 Å². The molecule has 0 saturated heterocycles. The van der Waals surface area contributed by atoms with E-state index in [0.717, 1.165) is 0 Å². The molecule has 2 heterocycles. The number of para-hydroxylation sites is 1. The van der Waals surface area contributed by atoms with Gasteiger partial charge in [0.15, 0.2) is 11.9 Å². The van der Waals surface area contributed by atoms with E-state index < -0.39 is 0 Å². The van der Waals surface area contributed by atoms with Gasteiger partial charge in [-0.2, -0.15) is 4.52 Å². The van der Waals surface area contributed by atoms with Crippen LogP contribution in [0, 0.1) is 0 Å². The molecular formula is C10H5N7O. The molecule has 2 aromatic heterocycles. The highest BCUT2D eigenvalue weighted by atomic mass is 16.1. The zero-order valence-electron chi connectivity index (χ0n) is 8.93. The van der Waals surface area contributed by atoms with E-state index in [9.17, 15) is 4.79 Å². The van der Waals surface area contributed by atoms with Crippen molar-refractivity contribution in [1.82, 2.24) is 20.0 Å². The minimum absolute atomic E-state index is 0.177. The summed E-state index contributed by atoms with van der Waals surface area (Å²) in [5.41, 5.74) is 9.97. The predicted octanol–water partition coefficient (Wildman–Crippen LogP) is 2.03. The highest BCUT2D eigenvalue weighted by Crippen LogP contribution is 2.31. The van der Waals surface area contributed by atoms with Gasteiger partial charge in [-0.05, 0) is 22.0 Å². The maximum atomic E-state index is 11.2. The molecule has 8 heteroatoms. The standard InChI is InChI=1S/C10H5N7O/c11-14-12-9-6-3-1-2-4-8(6)17-10(7(9)5-18)13-15-16-17/h1-5H. The fourth-order valence-electron chi connectivity index (χ4n) is 1.89. The van der Waals surface area contributed by atoms with Gasteiger partial charge in [0.05, 0.1) is 16.8 Å². The van der Waals surface area contributed by atoms with Crippen LogP contribution in [0.25, 0.3) is 27.0 Å². The largest absolute Gasteiger partial charge is 0.298 e. The van der Waals surface area contributed by atoms with E-state index >= 15 is 0 Å². The minimum Gasteiger partial charge on any atom is -0.298 e. The quantitative estimate of drug-likeness (QED) is 0.295. The van der Waals surface area contributed by atoms with Crippen LogP contribution in [0.2, 0.25) is 0 Å². The summed E-state index contributed by atoms with van der Waals surface area (Å²) >= 11 is 0. The number of azide groups is 1. The molecule has 1 aromatic carbocycles. The third kappa shape index (κ3) is 1.23. The number of rotatable bonds is 2. The zero-order chi connectivity index (χ0) is 12.5. The Morgan fingerprint density at radius 3 is 3.00 bits per heavy atom. The molecule has 0 saturated carbocycles. The van der Waals surface area contributed by atoms with Gasteiger partial charge in [-0.25, -0.2) is 0 Å². The Hall–Kier alpha value is -2.99. The first kappa shape index (κ1) is 10.2. The Labute approximate surface area is 99.5 Å². The molecule has 0 unspecified atom stereocenters. The molecule has 18 heavy (non-hydrogen) atoms. The van der Waals surface area contributed by atoms with Crippen molar-refractivity contribution in [2.45, 2.75) is 0 Å². The molecule has 0 N–H and O–H groups in total. The molecule has 3 rings (SSSR count). The number of pyridine rings is 1. The van der Waals surface area contributed by atoms with Crippen LogP contribution in [0.1, 0.15) is 10.4 Å². The number of carbonyl (C=O) groups is 1. The van der Waals surface area contributed by atoms with Crippen molar-refractivity contribution in [3.05, 3.63) is 40.3 Å². The summed E-state index contributed by atoms with van der Waals surface area (Å²) in [6.45, 7) is 0. The predicted molar refractivity (Wildman–Crippen MR) is 62.5 cm³/mol. The third-order valence-corrected chi connectivity index (χ3v) is 2.62. The van der Waals surface area contributed by atoms with Gasteiger partial charge >= 0.3 is 0 Å². The average molecular weight is 239 g/mol. The van der Waals surface area contributed by atoms with Gasteiger partial charge in [0.25, 0.3) is 0 Å². The molecular weight excluding hydrogens is 234 g/mol. The lowest BCUT2D eigenvalue weighted by atomic mass is 10.1. The topological polar surface area (TPSA) is 109 Å². The van der Waals surface area contributed by atoms with Gasteiger partial charge < -0.3 is 0 Å². The highest BCUT2D eigenvalue weighted by Gasteiger charge is 2.15. The van der Waals surface area contributed by atoms with Crippen LogP contribution in [0.3, 0.4) is 0 Å². The molecule has 86 valence electrons. The number of carbonyl (C=O) groups excluding carboxylic acids is 1. The van der Waals surface area contributed by atoms with E-state index in [1.165, 1.54) is 4.52 Å². The molecule has 3 aromatic rings. The van der Waals surface area contributed by atoms with Crippen molar-refractivity contribution in [2.75, 3.05) is 0 Å². The summed E-state index contributed by atoms with van der Waals surface area (Å²) in [7, 11) is 0. The number of aldehydes is 1. The summed E-state index contributed by atoms with van der Waals surface area (Å²) in [5.74, 6) is 0. The van der Waals surface area contributed by atoms with Crippen molar-refractivity contribution in [1.29, 1.82) is 0 Å². The van der Waals surface area contributed by atoms with Gasteiger partial charge in [0.2, 0.25) is 0 Å². The maximum Gasteiger partial charge on any atom is 0.190 e. The fourth-order valence-corrected chi connectivity index (χ4v) is 1.89. The van der Waals surface area contributed by atoms with Crippen molar-refractivity contribution in [3.63, 3.8) is 0 Å². The molecule has 0 fully saturated rings. The molecule has 0 bridgehead atoms. The highest BCUT2D eigenvalue weighted by molar-refractivity contribution is 6.04. The molecule has 0 atom stereocenters. The normalized spacial score (nSPS) is 10.4. The zero-order valence-corrected chi connectivity index (χ0v) is 8.93. The molecule has 0 aliphatic heterocycles. The second kappa shape index (κ2) is 3.79. The number of aromatic nitrogens is 4. The van der Waals surface area contributed by atoms with Crippen LogP contribution in [0.5, 0.6) is 0 Å². The van der Waals surface area contributed by atoms with Gasteiger partial charge in [0, 0.05) is 10.3 Å². The minimum atomic E-state index is 0.177. The number of nitrogens with zero attached hydrogens (tertiary/aromatic N) is 7. The van der Waals surface area contributed by atoms with Crippen LogP contribution in [0.15, 0.2) is 29.4 Å².